The number of benzene rings is 1. The second-order valence-corrected chi connectivity index (χ2v) is 6.56. The van der Waals surface area contributed by atoms with E-state index in [1.54, 1.807) is 0 Å². The lowest BCUT2D eigenvalue weighted by Gasteiger charge is -2.31. The second-order valence-electron chi connectivity index (χ2n) is 6.56. The zero-order chi connectivity index (χ0) is 14.7. The van der Waals surface area contributed by atoms with E-state index >= 15 is 0 Å². The number of amides is 2. The van der Waals surface area contributed by atoms with Crippen LogP contribution >= 0.6 is 0 Å². The van der Waals surface area contributed by atoms with Gasteiger partial charge in [-0.2, -0.15) is 0 Å². The molecule has 3 heteroatoms. The van der Waals surface area contributed by atoms with Gasteiger partial charge in [0, 0.05) is 19.1 Å². The summed E-state index contributed by atoms with van der Waals surface area (Å²) < 4.78 is 0. The molecule has 3 rings (SSSR count). The number of urea groups is 1. The van der Waals surface area contributed by atoms with Crippen LogP contribution in [0.25, 0.3) is 0 Å². The van der Waals surface area contributed by atoms with Gasteiger partial charge in [0.15, 0.2) is 0 Å². The maximum atomic E-state index is 12.4. The van der Waals surface area contributed by atoms with E-state index in [-0.39, 0.29) is 6.03 Å². The Kier molecular flexibility index (Phi) is 4.47. The highest BCUT2D eigenvalue weighted by Gasteiger charge is 2.37. The Morgan fingerprint density at radius 1 is 1.19 bits per heavy atom. The molecule has 114 valence electrons. The molecular weight excluding hydrogens is 260 g/mol. The number of fused-ring (bicyclic) bond motifs is 1. The second kappa shape index (κ2) is 6.50. The molecule has 21 heavy (non-hydrogen) atoms. The first-order valence-corrected chi connectivity index (χ1v) is 8.34. The molecule has 0 radical (unpaired) electrons. The van der Waals surface area contributed by atoms with E-state index in [2.05, 4.69) is 41.4 Å². The normalized spacial score (nSPS) is 24.7. The van der Waals surface area contributed by atoms with Crippen molar-refractivity contribution in [2.45, 2.75) is 51.5 Å². The summed E-state index contributed by atoms with van der Waals surface area (Å²) in [5, 5.41) is 3.11. The monoisotopic (exact) mass is 286 g/mol. The maximum Gasteiger partial charge on any atom is 0.317 e. The molecule has 2 fully saturated rings. The SMILES string of the molecule is Cc1ccc(CCNC(=O)N2CCC3CCCCC32)cc1. The van der Waals surface area contributed by atoms with Crippen LogP contribution in [0.2, 0.25) is 0 Å². The van der Waals surface area contributed by atoms with E-state index in [9.17, 15) is 4.79 Å². The molecule has 2 aliphatic rings. The Morgan fingerprint density at radius 3 is 2.76 bits per heavy atom. The highest BCUT2D eigenvalue weighted by molar-refractivity contribution is 5.75. The molecule has 1 N–H and O–H groups in total. The van der Waals surface area contributed by atoms with Gasteiger partial charge in [0.1, 0.15) is 0 Å². The number of nitrogens with one attached hydrogen (secondary N) is 1. The third kappa shape index (κ3) is 3.39. The number of hydrogen-bond donors (Lipinski definition) is 1. The van der Waals surface area contributed by atoms with Crippen LogP contribution in [0.15, 0.2) is 24.3 Å². The lowest BCUT2D eigenvalue weighted by atomic mass is 9.85. The van der Waals surface area contributed by atoms with Crippen molar-refractivity contribution in [3.63, 3.8) is 0 Å². The van der Waals surface area contributed by atoms with Crippen molar-refractivity contribution in [3.8, 4) is 0 Å². The summed E-state index contributed by atoms with van der Waals surface area (Å²) in [7, 11) is 0. The topological polar surface area (TPSA) is 32.3 Å². The molecule has 0 bridgehead atoms. The van der Waals surface area contributed by atoms with Crippen LogP contribution in [0.5, 0.6) is 0 Å². The molecular formula is C18H26N2O. The molecule has 1 aliphatic carbocycles. The predicted molar refractivity (Wildman–Crippen MR) is 85.4 cm³/mol. The van der Waals surface area contributed by atoms with Crippen LogP contribution in [0.3, 0.4) is 0 Å². The molecule has 3 nitrogen and oxygen atoms in total. The fourth-order valence-corrected chi connectivity index (χ4v) is 3.83. The Hall–Kier alpha value is -1.51. The Morgan fingerprint density at radius 2 is 1.95 bits per heavy atom. The molecule has 1 aromatic rings. The lowest BCUT2D eigenvalue weighted by molar-refractivity contribution is 0.170. The highest BCUT2D eigenvalue weighted by Crippen LogP contribution is 2.35. The first kappa shape index (κ1) is 14.4. The minimum Gasteiger partial charge on any atom is -0.338 e. The molecule has 1 aromatic carbocycles. The van der Waals surface area contributed by atoms with Gasteiger partial charge in [-0.25, -0.2) is 4.79 Å². The Labute approximate surface area is 127 Å². The quantitative estimate of drug-likeness (QED) is 0.906. The van der Waals surface area contributed by atoms with Crippen LogP contribution in [-0.2, 0) is 6.42 Å². The smallest absolute Gasteiger partial charge is 0.317 e. The summed E-state index contributed by atoms with van der Waals surface area (Å²) in [6.07, 6.45) is 7.27. The van der Waals surface area contributed by atoms with Crippen LogP contribution in [0.1, 0.15) is 43.2 Å². The average molecular weight is 286 g/mol. The number of carbonyl (C=O) groups is 1. The lowest BCUT2D eigenvalue weighted by Crippen LogP contribution is -2.45. The van der Waals surface area contributed by atoms with Crippen molar-refractivity contribution < 1.29 is 4.79 Å². The fraction of sp³-hybridized carbons (Fsp3) is 0.611. The van der Waals surface area contributed by atoms with E-state index in [4.69, 9.17) is 0 Å². The van der Waals surface area contributed by atoms with Crippen molar-refractivity contribution in [3.05, 3.63) is 35.4 Å². The van der Waals surface area contributed by atoms with Gasteiger partial charge in [0.05, 0.1) is 0 Å². The number of aryl methyl sites for hydroxylation is 1. The van der Waals surface area contributed by atoms with Crippen molar-refractivity contribution in [2.75, 3.05) is 13.1 Å². The summed E-state index contributed by atoms with van der Waals surface area (Å²) in [4.78, 5) is 14.5. The number of hydrogen-bond acceptors (Lipinski definition) is 1. The molecule has 2 atom stereocenters. The van der Waals surface area contributed by atoms with Gasteiger partial charge in [-0.1, -0.05) is 42.7 Å². The highest BCUT2D eigenvalue weighted by atomic mass is 16.2. The van der Waals surface area contributed by atoms with Crippen molar-refractivity contribution in [1.29, 1.82) is 0 Å². The zero-order valence-electron chi connectivity index (χ0n) is 13.0. The molecule has 1 aliphatic heterocycles. The zero-order valence-corrected chi connectivity index (χ0v) is 13.0. The van der Waals surface area contributed by atoms with E-state index in [0.717, 1.165) is 25.4 Å². The fourth-order valence-electron chi connectivity index (χ4n) is 3.83. The van der Waals surface area contributed by atoms with Gasteiger partial charge in [-0.05, 0) is 44.1 Å². The van der Waals surface area contributed by atoms with Gasteiger partial charge < -0.3 is 10.2 Å². The molecule has 1 saturated carbocycles. The van der Waals surface area contributed by atoms with Gasteiger partial charge >= 0.3 is 6.03 Å². The molecule has 2 unspecified atom stereocenters. The minimum absolute atomic E-state index is 0.150. The Bertz CT molecular complexity index is 482. The van der Waals surface area contributed by atoms with E-state index in [1.807, 2.05) is 0 Å². The van der Waals surface area contributed by atoms with Crippen molar-refractivity contribution in [1.82, 2.24) is 10.2 Å². The maximum absolute atomic E-state index is 12.4. The number of rotatable bonds is 3. The number of carbonyl (C=O) groups excluding carboxylic acids is 1. The van der Waals surface area contributed by atoms with Crippen LogP contribution in [0, 0.1) is 12.8 Å². The summed E-state index contributed by atoms with van der Waals surface area (Å²) in [5.74, 6) is 0.765. The first-order chi connectivity index (χ1) is 10.2. The molecule has 0 spiro atoms. The standard InChI is InChI=1S/C18H26N2O/c1-14-6-8-15(9-7-14)10-12-19-18(21)20-13-11-16-4-2-3-5-17(16)20/h6-9,16-17H,2-5,10-13H2,1H3,(H,19,21). The van der Waals surface area contributed by atoms with Gasteiger partial charge in [-0.3, -0.25) is 0 Å². The third-order valence-electron chi connectivity index (χ3n) is 5.08. The van der Waals surface area contributed by atoms with Gasteiger partial charge in [-0.15, -0.1) is 0 Å². The molecule has 0 aromatic heterocycles. The van der Waals surface area contributed by atoms with Crippen LogP contribution < -0.4 is 5.32 Å². The molecule has 1 saturated heterocycles. The van der Waals surface area contributed by atoms with Gasteiger partial charge in [0.25, 0.3) is 0 Å². The largest absolute Gasteiger partial charge is 0.338 e. The van der Waals surface area contributed by atoms with E-state index < -0.39 is 0 Å². The number of likely N-dealkylation sites (tertiary alicyclic amines) is 1. The summed E-state index contributed by atoms with van der Waals surface area (Å²) >= 11 is 0. The van der Waals surface area contributed by atoms with E-state index in [1.165, 1.54) is 43.2 Å². The summed E-state index contributed by atoms with van der Waals surface area (Å²) in [6.45, 7) is 3.78. The first-order valence-electron chi connectivity index (χ1n) is 8.34. The van der Waals surface area contributed by atoms with Crippen molar-refractivity contribution >= 4 is 6.03 Å². The predicted octanol–water partition coefficient (Wildman–Crippen LogP) is 3.51. The van der Waals surface area contributed by atoms with Crippen LogP contribution in [-0.4, -0.2) is 30.1 Å². The average Bonchev–Trinajstić information content (AvgIpc) is 2.93. The van der Waals surface area contributed by atoms with E-state index in [0.29, 0.717) is 6.04 Å². The van der Waals surface area contributed by atoms with Crippen LogP contribution in [0.4, 0.5) is 4.79 Å². The summed E-state index contributed by atoms with van der Waals surface area (Å²) in [6, 6.07) is 9.21. The third-order valence-corrected chi connectivity index (χ3v) is 5.08. The Balaban J connectivity index is 1.47. The summed E-state index contributed by atoms with van der Waals surface area (Å²) in [5.41, 5.74) is 2.57. The minimum atomic E-state index is 0.150. The molecule has 1 heterocycles. The van der Waals surface area contributed by atoms with Gasteiger partial charge in [0.2, 0.25) is 0 Å². The molecule has 2 amide bonds. The number of nitrogens with zero attached hydrogens (tertiary/aromatic N) is 1. The van der Waals surface area contributed by atoms with Crippen molar-refractivity contribution in [2.24, 2.45) is 5.92 Å².